The van der Waals surface area contributed by atoms with Crippen LogP contribution in [0, 0.1) is 0 Å². The first-order valence-electron chi connectivity index (χ1n) is 16.4. The minimum atomic E-state index is -1.92. The van der Waals surface area contributed by atoms with E-state index in [0.717, 1.165) is 4.90 Å². The molecule has 0 radical (unpaired) electrons. The predicted molar refractivity (Wildman–Crippen MR) is 189 cm³/mol. The Morgan fingerprint density at radius 3 is 2.12 bits per heavy atom. The van der Waals surface area contributed by atoms with Gasteiger partial charge in [0.25, 0.3) is 11.8 Å². The van der Waals surface area contributed by atoms with Crippen molar-refractivity contribution in [1.29, 1.82) is 0 Å². The fourth-order valence-electron chi connectivity index (χ4n) is 5.01. The number of carbonyl (C=O) groups is 5. The molecule has 0 unspecified atom stereocenters. The summed E-state index contributed by atoms with van der Waals surface area (Å²) in [6.07, 6.45) is -8.50. The Bertz CT molecular complexity index is 1500. The highest BCUT2D eigenvalue weighted by Gasteiger charge is 2.48. The molecule has 17 nitrogen and oxygen atoms in total. The zero-order valence-corrected chi connectivity index (χ0v) is 32.3. The molecule has 2 aliphatic rings. The summed E-state index contributed by atoms with van der Waals surface area (Å²) >= 11 is 6.22. The van der Waals surface area contributed by atoms with Gasteiger partial charge in [0.1, 0.15) is 33.0 Å². The first-order chi connectivity index (χ1) is 24.3. The zero-order valence-electron chi connectivity index (χ0n) is 29.1. The summed E-state index contributed by atoms with van der Waals surface area (Å²) < 4.78 is 23.0. The number of nitrogens with one attached hydrogen (secondary N) is 2. The Hall–Kier alpha value is -3.01. The number of hydrogen-bond acceptors (Lipinski definition) is 13. The van der Waals surface area contributed by atoms with Crippen molar-refractivity contribution in [2.45, 2.75) is 102 Å². The van der Waals surface area contributed by atoms with Crippen molar-refractivity contribution in [3.05, 3.63) is 32.7 Å². The predicted octanol–water partition coefficient (Wildman–Crippen LogP) is 1.03. The lowest BCUT2D eigenvalue weighted by Gasteiger charge is -2.38. The minimum absolute atomic E-state index is 0.0204. The summed E-state index contributed by atoms with van der Waals surface area (Å²) in [5.74, 6) is -3.41. The van der Waals surface area contributed by atoms with Crippen molar-refractivity contribution in [3.8, 4) is 5.75 Å². The smallest absolute Gasteiger partial charge is 0.335 e. The number of aliphatic hydroxyl groups is 4. The maximum atomic E-state index is 12.7. The van der Waals surface area contributed by atoms with Crippen molar-refractivity contribution in [3.63, 3.8) is 0 Å². The van der Waals surface area contributed by atoms with Crippen LogP contribution in [0.4, 0.5) is 5.69 Å². The van der Waals surface area contributed by atoms with Crippen LogP contribution in [0.25, 0.3) is 0 Å². The quantitative estimate of drug-likeness (QED) is 0.0961. The average molecular weight is 868 g/mol. The molecule has 3 rings (SSSR count). The lowest BCUT2D eigenvalue weighted by Crippen LogP contribution is -2.61. The molecule has 5 atom stereocenters. The van der Waals surface area contributed by atoms with Gasteiger partial charge in [0.05, 0.1) is 36.7 Å². The normalized spacial score (nSPS) is 22.5. The van der Waals surface area contributed by atoms with E-state index in [-0.39, 0.29) is 58.8 Å². The summed E-state index contributed by atoms with van der Waals surface area (Å²) in [5, 5.41) is 54.3. The van der Waals surface area contributed by atoms with Gasteiger partial charge in [-0.3, -0.25) is 24.1 Å². The molecule has 19 heteroatoms. The van der Waals surface area contributed by atoms with Crippen LogP contribution in [-0.2, 0) is 44.8 Å². The van der Waals surface area contributed by atoms with E-state index in [1.165, 1.54) is 18.2 Å². The van der Waals surface area contributed by atoms with Crippen LogP contribution in [0.1, 0.15) is 58.9 Å². The van der Waals surface area contributed by atoms with Crippen LogP contribution >= 0.6 is 31.9 Å². The number of nitrogens with zero attached hydrogens (tertiary/aromatic N) is 1. The molecule has 1 aromatic rings. The molecule has 0 aliphatic carbocycles. The van der Waals surface area contributed by atoms with Gasteiger partial charge in [-0.1, -0.05) is 6.07 Å². The van der Waals surface area contributed by atoms with E-state index in [1.807, 2.05) is 27.7 Å². The van der Waals surface area contributed by atoms with Gasteiger partial charge in [0.2, 0.25) is 18.1 Å². The second-order valence-electron chi connectivity index (χ2n) is 13.3. The summed E-state index contributed by atoms with van der Waals surface area (Å²) in [6.45, 7) is 7.63. The maximum absolute atomic E-state index is 12.7. The number of aliphatic carboxylic acids is 1. The number of amides is 4. The number of rotatable bonds is 19. The molecule has 290 valence electrons. The highest BCUT2D eigenvalue weighted by molar-refractivity contribution is 9.14. The molecule has 0 aromatic heterocycles. The number of halogens is 2. The lowest BCUT2D eigenvalue weighted by atomic mass is 9.99. The number of hydrogen-bond donors (Lipinski definition) is 7. The molecule has 52 heavy (non-hydrogen) atoms. The molecule has 0 bridgehead atoms. The van der Waals surface area contributed by atoms with E-state index in [9.17, 15) is 49.5 Å². The third-order valence-corrected chi connectivity index (χ3v) is 10.2. The fourth-order valence-corrected chi connectivity index (χ4v) is 5.77. The average Bonchev–Trinajstić information content (AvgIpc) is 3.25. The van der Waals surface area contributed by atoms with Crippen LogP contribution in [0.5, 0.6) is 5.75 Å². The molecule has 2 heterocycles. The SMILES string of the molecule is CC(C)(CCOC(C)(C)CCN1C(=O)C(Br)=C(Br)C1=O)OCCC(=O)NCCC(=O)Nc1cc(CO)ccc1O[C@@H]1O[C@H](C(=O)O)[C@@H](O)[C@H](O)[C@H]1O. The Morgan fingerprint density at radius 2 is 1.50 bits per heavy atom. The van der Waals surface area contributed by atoms with Gasteiger partial charge in [0.15, 0.2) is 6.10 Å². The largest absolute Gasteiger partial charge is 0.479 e. The summed E-state index contributed by atoms with van der Waals surface area (Å²) in [5.41, 5.74) is -0.854. The monoisotopic (exact) mass is 865 g/mol. The third kappa shape index (κ3) is 12.0. The molecule has 0 spiro atoms. The van der Waals surface area contributed by atoms with E-state index in [0.29, 0.717) is 25.0 Å². The van der Waals surface area contributed by atoms with Crippen LogP contribution in [0.3, 0.4) is 0 Å². The topological polar surface area (TPSA) is 251 Å². The summed E-state index contributed by atoms with van der Waals surface area (Å²) in [4.78, 5) is 62.2. The molecular weight excluding hydrogens is 822 g/mol. The van der Waals surface area contributed by atoms with E-state index >= 15 is 0 Å². The van der Waals surface area contributed by atoms with Crippen molar-refractivity contribution in [2.75, 3.05) is 31.6 Å². The Balaban J connectivity index is 1.39. The maximum Gasteiger partial charge on any atom is 0.335 e. The van der Waals surface area contributed by atoms with Gasteiger partial charge in [-0.2, -0.15) is 0 Å². The van der Waals surface area contributed by atoms with Gasteiger partial charge in [-0.25, -0.2) is 4.79 Å². The number of benzene rings is 1. The molecule has 1 saturated heterocycles. The number of imide groups is 1. The standard InChI is InChI=1S/C33H45Br2N3O14/c1-32(2,9-12-38-28(45)22(34)23(35)29(38)46)50-14-10-33(3,4)49-13-8-20(40)36-11-7-21(41)37-18-15-17(16-39)5-6-19(18)51-31-26(44)24(42)25(43)27(52-31)30(47)48/h5-6,15,24-27,31,39,42-44H,7-14,16H2,1-4H3,(H,36,40)(H,37,41)(H,47,48)/t24-,25-,26+,27-,31+/m0/s1. The molecule has 1 fully saturated rings. The number of ether oxygens (including phenoxy) is 4. The van der Waals surface area contributed by atoms with Crippen molar-refractivity contribution in [2.24, 2.45) is 0 Å². The molecule has 2 aliphatic heterocycles. The first-order valence-corrected chi connectivity index (χ1v) is 17.9. The summed E-state index contributed by atoms with van der Waals surface area (Å²) in [6, 6.07) is 4.15. The Kier molecular flexibility index (Phi) is 15.7. The molecule has 7 N–H and O–H groups in total. The number of carboxylic acid groups (broad SMARTS) is 1. The Labute approximate surface area is 316 Å². The molecular formula is C33H45Br2N3O14. The van der Waals surface area contributed by atoms with Gasteiger partial charge in [-0.05, 0) is 90.1 Å². The fraction of sp³-hybridized carbons (Fsp3) is 0.606. The number of carbonyl (C=O) groups excluding carboxylic acids is 4. The second kappa shape index (κ2) is 18.8. The van der Waals surface area contributed by atoms with Crippen LogP contribution < -0.4 is 15.4 Å². The number of carboxylic acids is 1. The van der Waals surface area contributed by atoms with Crippen molar-refractivity contribution >= 4 is 67.1 Å². The van der Waals surface area contributed by atoms with Gasteiger partial charge in [0, 0.05) is 25.9 Å². The van der Waals surface area contributed by atoms with Crippen LogP contribution in [-0.4, -0.2) is 128 Å². The zero-order chi connectivity index (χ0) is 39.0. The van der Waals surface area contributed by atoms with Gasteiger partial charge < -0.3 is 55.1 Å². The summed E-state index contributed by atoms with van der Waals surface area (Å²) in [7, 11) is 0. The van der Waals surface area contributed by atoms with Crippen LogP contribution in [0.15, 0.2) is 27.2 Å². The van der Waals surface area contributed by atoms with Crippen molar-refractivity contribution < 1.29 is 68.5 Å². The molecule has 0 saturated carbocycles. The number of aliphatic hydroxyl groups excluding tert-OH is 4. The lowest BCUT2D eigenvalue weighted by molar-refractivity contribution is -0.271. The molecule has 1 aromatic carbocycles. The third-order valence-electron chi connectivity index (χ3n) is 8.25. The first kappa shape index (κ1) is 43.4. The second-order valence-corrected chi connectivity index (χ2v) is 14.9. The van der Waals surface area contributed by atoms with Gasteiger partial charge in [-0.15, -0.1) is 0 Å². The highest BCUT2D eigenvalue weighted by Crippen LogP contribution is 2.32. The van der Waals surface area contributed by atoms with E-state index in [4.69, 9.17) is 18.9 Å². The van der Waals surface area contributed by atoms with E-state index < -0.39 is 72.2 Å². The minimum Gasteiger partial charge on any atom is -0.479 e. The van der Waals surface area contributed by atoms with Gasteiger partial charge >= 0.3 is 5.97 Å². The van der Waals surface area contributed by atoms with Crippen molar-refractivity contribution in [1.82, 2.24) is 10.2 Å². The van der Waals surface area contributed by atoms with Crippen LogP contribution in [0.2, 0.25) is 0 Å². The Morgan fingerprint density at radius 1 is 0.885 bits per heavy atom. The number of anilines is 1. The van der Waals surface area contributed by atoms with E-state index in [1.54, 1.807) is 0 Å². The van der Waals surface area contributed by atoms with E-state index in [2.05, 4.69) is 42.5 Å². The highest BCUT2D eigenvalue weighted by atomic mass is 79.9. The molecule has 4 amide bonds.